The first-order valence-electron chi connectivity index (χ1n) is 8.00. The molecule has 1 aliphatic rings. The molecule has 0 spiro atoms. The van der Waals surface area contributed by atoms with Crippen LogP contribution in [0.2, 0.25) is 0 Å². The lowest BCUT2D eigenvalue weighted by Gasteiger charge is -2.23. The third-order valence-corrected chi connectivity index (χ3v) is 4.96. The maximum Gasteiger partial charge on any atom is 0.325 e. The highest BCUT2D eigenvalue weighted by Crippen LogP contribution is 2.35. The van der Waals surface area contributed by atoms with Gasteiger partial charge in [-0.3, -0.25) is 9.69 Å². The van der Waals surface area contributed by atoms with Gasteiger partial charge in [0, 0.05) is 4.47 Å². The topological polar surface area (TPSA) is 67.9 Å². The lowest BCUT2D eigenvalue weighted by molar-refractivity contribution is -0.131. The number of rotatable bonds is 5. The van der Waals surface area contributed by atoms with Crippen molar-refractivity contribution in [2.45, 2.75) is 19.0 Å². The average Bonchev–Trinajstić information content (AvgIpc) is 2.85. The molecule has 1 atom stereocenters. The number of hydrogen-bond acceptors (Lipinski definition) is 4. The molecule has 7 heteroatoms. The van der Waals surface area contributed by atoms with E-state index in [0.29, 0.717) is 17.1 Å². The number of carbonyl (C=O) groups is 2. The lowest BCUT2D eigenvalue weighted by atomic mass is 9.91. The second-order valence-corrected chi connectivity index (χ2v) is 7.06. The Labute approximate surface area is 160 Å². The van der Waals surface area contributed by atoms with Crippen LogP contribution in [0.3, 0.4) is 0 Å². The summed E-state index contributed by atoms with van der Waals surface area (Å²) in [6.07, 6.45) is 0. The summed E-state index contributed by atoms with van der Waals surface area (Å²) in [5, 5.41) is 2.80. The Morgan fingerprint density at radius 3 is 2.46 bits per heavy atom. The van der Waals surface area contributed by atoms with E-state index >= 15 is 0 Å². The van der Waals surface area contributed by atoms with Crippen LogP contribution in [0.25, 0.3) is 0 Å². The van der Waals surface area contributed by atoms with Crippen molar-refractivity contribution in [2.75, 3.05) is 14.2 Å². The predicted molar refractivity (Wildman–Crippen MR) is 100 cm³/mol. The van der Waals surface area contributed by atoms with Gasteiger partial charge in [0.2, 0.25) is 0 Å². The molecule has 2 aromatic carbocycles. The molecule has 0 saturated carbocycles. The minimum absolute atomic E-state index is 0.201. The number of carbonyl (C=O) groups excluding carboxylic acids is 2. The number of halogens is 1. The van der Waals surface area contributed by atoms with Gasteiger partial charge < -0.3 is 14.8 Å². The summed E-state index contributed by atoms with van der Waals surface area (Å²) in [6.45, 7) is 1.89. The van der Waals surface area contributed by atoms with E-state index in [4.69, 9.17) is 9.47 Å². The first kappa shape index (κ1) is 18.3. The summed E-state index contributed by atoms with van der Waals surface area (Å²) in [4.78, 5) is 26.7. The van der Waals surface area contributed by atoms with Gasteiger partial charge in [-0.05, 0) is 42.3 Å². The highest BCUT2D eigenvalue weighted by molar-refractivity contribution is 9.10. The Balaban J connectivity index is 1.92. The van der Waals surface area contributed by atoms with Crippen LogP contribution in [0, 0.1) is 0 Å². The van der Waals surface area contributed by atoms with Gasteiger partial charge in [0.25, 0.3) is 5.91 Å². The molecular weight excluding hydrogens is 400 g/mol. The lowest BCUT2D eigenvalue weighted by Crippen LogP contribution is -2.40. The molecule has 3 amide bonds. The molecule has 1 heterocycles. The van der Waals surface area contributed by atoms with Crippen LogP contribution in [-0.4, -0.2) is 31.1 Å². The van der Waals surface area contributed by atoms with Gasteiger partial charge >= 0.3 is 6.03 Å². The molecule has 1 saturated heterocycles. The highest BCUT2D eigenvalue weighted by atomic mass is 79.9. The number of amides is 3. The first-order valence-corrected chi connectivity index (χ1v) is 8.79. The monoisotopic (exact) mass is 418 g/mol. The fraction of sp³-hybridized carbons (Fsp3) is 0.263. The number of ether oxygens (including phenoxy) is 2. The fourth-order valence-corrected chi connectivity index (χ4v) is 3.45. The Bertz CT molecular complexity index is 870. The number of urea groups is 1. The van der Waals surface area contributed by atoms with Gasteiger partial charge in [0.15, 0.2) is 11.5 Å². The molecule has 1 fully saturated rings. The van der Waals surface area contributed by atoms with Gasteiger partial charge in [0.05, 0.1) is 20.8 Å². The van der Waals surface area contributed by atoms with E-state index < -0.39 is 11.6 Å². The molecule has 136 valence electrons. The zero-order valence-electron chi connectivity index (χ0n) is 14.7. The predicted octanol–water partition coefficient (Wildman–Crippen LogP) is 3.43. The minimum Gasteiger partial charge on any atom is -0.493 e. The summed E-state index contributed by atoms with van der Waals surface area (Å²) >= 11 is 3.40. The van der Waals surface area contributed by atoms with Crippen LogP contribution in [0.1, 0.15) is 18.1 Å². The molecule has 6 nitrogen and oxygen atoms in total. The number of methoxy groups -OCH3 is 2. The van der Waals surface area contributed by atoms with Crippen LogP contribution >= 0.6 is 15.9 Å². The molecule has 0 unspecified atom stereocenters. The van der Waals surface area contributed by atoms with E-state index in [1.807, 2.05) is 24.3 Å². The maximum absolute atomic E-state index is 13.0. The van der Waals surface area contributed by atoms with E-state index in [9.17, 15) is 9.59 Å². The quantitative estimate of drug-likeness (QED) is 0.755. The summed E-state index contributed by atoms with van der Waals surface area (Å²) < 4.78 is 11.4. The molecule has 26 heavy (non-hydrogen) atoms. The van der Waals surface area contributed by atoms with Crippen molar-refractivity contribution >= 4 is 27.9 Å². The third-order valence-electron chi connectivity index (χ3n) is 4.47. The number of nitrogens with one attached hydrogen (secondary N) is 1. The van der Waals surface area contributed by atoms with Gasteiger partial charge in [-0.25, -0.2) is 4.79 Å². The molecule has 1 aliphatic heterocycles. The van der Waals surface area contributed by atoms with Crippen molar-refractivity contribution in [3.8, 4) is 11.5 Å². The summed E-state index contributed by atoms with van der Waals surface area (Å²) in [6, 6.07) is 12.3. The summed E-state index contributed by atoms with van der Waals surface area (Å²) in [5.41, 5.74) is 0.326. The average molecular weight is 419 g/mol. The van der Waals surface area contributed by atoms with E-state index in [0.717, 1.165) is 10.0 Å². The van der Waals surface area contributed by atoms with Gasteiger partial charge in [0.1, 0.15) is 5.54 Å². The number of benzene rings is 2. The fourth-order valence-electron chi connectivity index (χ4n) is 3.00. The normalized spacial score (nSPS) is 19.5. The molecule has 0 aliphatic carbocycles. The van der Waals surface area contributed by atoms with Crippen LogP contribution in [0.15, 0.2) is 46.9 Å². The smallest absolute Gasteiger partial charge is 0.325 e. The summed E-state index contributed by atoms with van der Waals surface area (Å²) in [7, 11) is 3.07. The first-order chi connectivity index (χ1) is 12.4. The van der Waals surface area contributed by atoms with Gasteiger partial charge in [-0.15, -0.1) is 0 Å². The highest BCUT2D eigenvalue weighted by Gasteiger charge is 2.49. The Morgan fingerprint density at radius 1 is 1.08 bits per heavy atom. The molecule has 0 aromatic heterocycles. The van der Waals surface area contributed by atoms with Crippen molar-refractivity contribution in [3.63, 3.8) is 0 Å². The van der Waals surface area contributed by atoms with E-state index in [1.54, 1.807) is 32.2 Å². The van der Waals surface area contributed by atoms with Crippen LogP contribution in [0.4, 0.5) is 4.79 Å². The molecule has 3 rings (SSSR count). The molecule has 0 bridgehead atoms. The van der Waals surface area contributed by atoms with Crippen molar-refractivity contribution in [2.24, 2.45) is 0 Å². The number of imide groups is 1. The maximum atomic E-state index is 13.0. The van der Waals surface area contributed by atoms with Crippen LogP contribution in [0.5, 0.6) is 11.5 Å². The van der Waals surface area contributed by atoms with E-state index in [1.165, 1.54) is 12.0 Å². The van der Waals surface area contributed by atoms with Crippen molar-refractivity contribution in [3.05, 3.63) is 58.1 Å². The number of nitrogens with zero attached hydrogens (tertiary/aromatic N) is 1. The Hall–Kier alpha value is -2.54. The van der Waals surface area contributed by atoms with Crippen LogP contribution < -0.4 is 14.8 Å². The van der Waals surface area contributed by atoms with Crippen molar-refractivity contribution < 1.29 is 19.1 Å². The third kappa shape index (κ3) is 3.14. The van der Waals surface area contributed by atoms with E-state index in [-0.39, 0.29) is 12.5 Å². The van der Waals surface area contributed by atoms with Crippen LogP contribution in [-0.2, 0) is 16.9 Å². The molecule has 1 N–H and O–H groups in total. The summed E-state index contributed by atoms with van der Waals surface area (Å²) in [5.74, 6) is 0.746. The second kappa shape index (κ2) is 6.99. The standard InChI is InChI=1S/C19H19BrN2O4/c1-19(13-7-8-15(25-2)16(10-13)26-3)17(23)22(18(24)21-19)11-12-5-4-6-14(20)9-12/h4-10H,11H2,1-3H3,(H,21,24)/t19-/m1/s1. The largest absolute Gasteiger partial charge is 0.493 e. The zero-order valence-corrected chi connectivity index (χ0v) is 16.3. The zero-order chi connectivity index (χ0) is 18.9. The second-order valence-electron chi connectivity index (χ2n) is 6.15. The Morgan fingerprint density at radius 2 is 1.81 bits per heavy atom. The van der Waals surface area contributed by atoms with Crippen molar-refractivity contribution in [1.29, 1.82) is 0 Å². The Kier molecular flexibility index (Phi) is 4.91. The van der Waals surface area contributed by atoms with Gasteiger partial charge in [-0.1, -0.05) is 34.1 Å². The van der Waals surface area contributed by atoms with Gasteiger partial charge in [-0.2, -0.15) is 0 Å². The molecular formula is C19H19BrN2O4. The SMILES string of the molecule is COc1ccc([C@@]2(C)NC(=O)N(Cc3cccc(Br)c3)C2=O)cc1OC. The molecule has 0 radical (unpaired) electrons. The minimum atomic E-state index is -1.16. The van der Waals surface area contributed by atoms with E-state index in [2.05, 4.69) is 21.2 Å². The molecule has 2 aromatic rings. The van der Waals surface area contributed by atoms with Crippen molar-refractivity contribution in [1.82, 2.24) is 10.2 Å². The number of hydrogen-bond donors (Lipinski definition) is 1.